The first-order chi connectivity index (χ1) is 28.0. The molecule has 0 saturated carbocycles. The van der Waals surface area contributed by atoms with Gasteiger partial charge < -0.3 is 4.74 Å². The molecule has 0 atom stereocenters. The van der Waals surface area contributed by atoms with Crippen molar-refractivity contribution in [2.24, 2.45) is 0 Å². The van der Waals surface area contributed by atoms with Gasteiger partial charge in [-0.3, -0.25) is 0 Å². The molecule has 268 valence electrons. The van der Waals surface area contributed by atoms with Crippen LogP contribution < -0.4 is 4.74 Å². The first kappa shape index (κ1) is 32.3. The molecule has 2 aliphatic carbocycles. The van der Waals surface area contributed by atoms with Crippen LogP contribution in [0.5, 0.6) is 5.75 Å². The number of allylic oxidation sites excluding steroid dienone is 5. The van der Waals surface area contributed by atoms with Crippen LogP contribution >= 0.6 is 0 Å². The Hall–Kier alpha value is -6.96. The van der Waals surface area contributed by atoms with Crippen LogP contribution in [0.2, 0.25) is 0 Å². The zero-order chi connectivity index (χ0) is 37.8. The molecule has 9 aromatic rings. The molecule has 1 heteroatoms. The Morgan fingerprint density at radius 3 is 1.79 bits per heavy atom. The number of benzene rings is 9. The highest BCUT2D eigenvalue weighted by Gasteiger charge is 2.36. The van der Waals surface area contributed by atoms with Crippen molar-refractivity contribution in [3.8, 4) is 39.1 Å². The van der Waals surface area contributed by atoms with E-state index in [1.807, 2.05) is 0 Å². The molecular weight excluding hydrogens is 689 g/mol. The predicted molar refractivity (Wildman–Crippen MR) is 241 cm³/mol. The number of hydrogen-bond acceptors (Lipinski definition) is 1. The summed E-state index contributed by atoms with van der Waals surface area (Å²) in [7, 11) is 0. The molecule has 0 spiro atoms. The molecule has 0 amide bonds. The third kappa shape index (κ3) is 4.82. The minimum atomic E-state index is -0.0628. The zero-order valence-electron chi connectivity index (χ0n) is 31.9. The predicted octanol–water partition coefficient (Wildman–Crippen LogP) is 15.1. The fourth-order valence-corrected chi connectivity index (χ4v) is 10.1. The van der Waals surface area contributed by atoms with Crippen LogP contribution in [0.3, 0.4) is 0 Å². The Kier molecular flexibility index (Phi) is 6.81. The van der Waals surface area contributed by atoms with Gasteiger partial charge in [-0.25, -0.2) is 0 Å². The van der Waals surface area contributed by atoms with E-state index in [-0.39, 0.29) is 5.41 Å². The van der Waals surface area contributed by atoms with Crippen molar-refractivity contribution in [2.75, 3.05) is 0 Å². The monoisotopic (exact) mass is 726 g/mol. The normalized spacial score (nSPS) is 15.0. The van der Waals surface area contributed by atoms with E-state index in [0.29, 0.717) is 0 Å². The number of fused-ring (bicyclic) bond motifs is 11. The molecule has 1 aliphatic heterocycles. The maximum Gasteiger partial charge on any atom is 0.134 e. The lowest BCUT2D eigenvalue weighted by atomic mass is 9.81. The van der Waals surface area contributed by atoms with E-state index in [4.69, 9.17) is 4.74 Å². The van der Waals surface area contributed by atoms with Crippen molar-refractivity contribution in [1.82, 2.24) is 0 Å². The Labute approximate surface area is 332 Å². The van der Waals surface area contributed by atoms with Gasteiger partial charge in [-0.2, -0.15) is 0 Å². The minimum Gasteiger partial charge on any atom is -0.461 e. The highest BCUT2D eigenvalue weighted by Crippen LogP contribution is 2.52. The van der Waals surface area contributed by atoms with Crippen molar-refractivity contribution in [3.05, 3.63) is 210 Å². The smallest absolute Gasteiger partial charge is 0.134 e. The van der Waals surface area contributed by atoms with Crippen LogP contribution in [-0.2, 0) is 5.41 Å². The maximum atomic E-state index is 6.62. The number of hydrogen-bond donors (Lipinski definition) is 0. The lowest BCUT2D eigenvalue weighted by molar-refractivity contribution is 0.407. The molecule has 9 aromatic carbocycles. The van der Waals surface area contributed by atoms with Crippen molar-refractivity contribution in [2.45, 2.75) is 25.7 Å². The molecule has 3 aliphatic rings. The highest BCUT2D eigenvalue weighted by molar-refractivity contribution is 6.23. The zero-order valence-corrected chi connectivity index (χ0v) is 31.9. The molecule has 0 saturated heterocycles. The molecule has 57 heavy (non-hydrogen) atoms. The summed E-state index contributed by atoms with van der Waals surface area (Å²) in [5, 5.41) is 10.1. The second-order valence-electron chi connectivity index (χ2n) is 16.4. The first-order valence-electron chi connectivity index (χ1n) is 20.0. The topological polar surface area (TPSA) is 9.23 Å². The summed E-state index contributed by atoms with van der Waals surface area (Å²) in [6.07, 6.45) is 7.56. The number of rotatable bonds is 3. The average Bonchev–Trinajstić information content (AvgIpc) is 3.34. The Morgan fingerprint density at radius 2 is 1.04 bits per heavy atom. The van der Waals surface area contributed by atoms with E-state index < -0.39 is 0 Å². The fraction of sp³-hybridized carbons (Fsp3) is 0.0714. The fourth-order valence-electron chi connectivity index (χ4n) is 10.1. The van der Waals surface area contributed by atoms with Gasteiger partial charge in [0.05, 0.1) is 0 Å². The van der Waals surface area contributed by atoms with Crippen LogP contribution in [0, 0.1) is 0 Å². The van der Waals surface area contributed by atoms with Gasteiger partial charge in [0.25, 0.3) is 0 Å². The summed E-state index contributed by atoms with van der Waals surface area (Å²) in [4.78, 5) is 0. The summed E-state index contributed by atoms with van der Waals surface area (Å²) in [6.45, 7) is 4.73. The highest BCUT2D eigenvalue weighted by atomic mass is 16.5. The molecule has 1 nitrogen and oxygen atoms in total. The molecule has 1 heterocycles. The van der Waals surface area contributed by atoms with Crippen LogP contribution in [0.1, 0.15) is 42.5 Å². The van der Waals surface area contributed by atoms with Gasteiger partial charge in [0.1, 0.15) is 11.5 Å². The molecule has 12 rings (SSSR count). The molecule has 0 fully saturated rings. The minimum absolute atomic E-state index is 0.0628. The van der Waals surface area contributed by atoms with Crippen LogP contribution in [0.4, 0.5) is 0 Å². The van der Waals surface area contributed by atoms with Gasteiger partial charge in [-0.15, -0.1) is 0 Å². The average molecular weight is 727 g/mol. The van der Waals surface area contributed by atoms with E-state index in [1.54, 1.807) is 0 Å². The lowest BCUT2D eigenvalue weighted by Gasteiger charge is -2.24. The van der Waals surface area contributed by atoms with Crippen LogP contribution in [0.25, 0.3) is 87.6 Å². The molecule has 0 radical (unpaired) electrons. The summed E-state index contributed by atoms with van der Waals surface area (Å²) in [6, 6.07) is 60.7. The summed E-state index contributed by atoms with van der Waals surface area (Å²) in [5.41, 5.74) is 15.3. The van der Waals surface area contributed by atoms with E-state index in [9.17, 15) is 0 Å². The quantitative estimate of drug-likeness (QED) is 0.165. The van der Waals surface area contributed by atoms with Crippen LogP contribution in [-0.4, -0.2) is 0 Å². The largest absolute Gasteiger partial charge is 0.461 e. The number of ether oxygens (including phenoxy) is 1. The molecule has 0 N–H and O–H groups in total. The second kappa shape index (κ2) is 12.0. The SMILES string of the molecule is CC1(C)c2ccc(C3=CC=C4CC(=C3)c3cc(-c5c6ccccc6c(-c6cccc7ccccc67)c6ccccc56)ccc3O4)cc2-c2cc3ccccc3cc21. The van der Waals surface area contributed by atoms with Gasteiger partial charge in [0.2, 0.25) is 0 Å². The molecule has 2 bridgehead atoms. The van der Waals surface area contributed by atoms with E-state index in [0.717, 1.165) is 23.5 Å². The lowest BCUT2D eigenvalue weighted by Crippen LogP contribution is -2.14. The standard InChI is InChI=1S/C56H38O/c1-56(2)51-26-23-38(31-49(51)50-30-35-13-3-4-14-36(35)33-52(50)56)37-22-25-41-29-40(28-37)48-32-39(24-27-53(48)57-41)54-44-17-7-9-19-46(44)55(47-20-10-8-18-45(47)54)43-21-11-15-34-12-5-6-16-42(34)43/h3-28,30-33H,29H2,1-2H3. The van der Waals surface area contributed by atoms with Gasteiger partial charge in [0.15, 0.2) is 0 Å². The summed E-state index contributed by atoms with van der Waals surface area (Å²) in [5.74, 6) is 1.89. The van der Waals surface area contributed by atoms with Crippen molar-refractivity contribution in [1.29, 1.82) is 0 Å². The molecule has 0 aromatic heterocycles. The van der Waals surface area contributed by atoms with E-state index in [1.165, 1.54) is 104 Å². The summed E-state index contributed by atoms with van der Waals surface area (Å²) < 4.78 is 6.62. The Balaban J connectivity index is 1.01. The summed E-state index contributed by atoms with van der Waals surface area (Å²) >= 11 is 0. The third-order valence-corrected chi connectivity index (χ3v) is 12.9. The van der Waals surface area contributed by atoms with E-state index in [2.05, 4.69) is 196 Å². The van der Waals surface area contributed by atoms with Gasteiger partial charge in [-0.1, -0.05) is 153 Å². The van der Waals surface area contributed by atoms with Crippen LogP contribution in [0.15, 0.2) is 188 Å². The maximum absolute atomic E-state index is 6.62. The first-order valence-corrected chi connectivity index (χ1v) is 20.0. The molecular formula is C56H38O. The Morgan fingerprint density at radius 1 is 0.439 bits per heavy atom. The Bertz CT molecular complexity index is 3250. The van der Waals surface area contributed by atoms with Crippen molar-refractivity contribution >= 4 is 54.2 Å². The van der Waals surface area contributed by atoms with Gasteiger partial charge >= 0.3 is 0 Å². The third-order valence-electron chi connectivity index (χ3n) is 12.9. The molecule has 0 unspecified atom stereocenters. The van der Waals surface area contributed by atoms with E-state index >= 15 is 0 Å². The van der Waals surface area contributed by atoms with Crippen molar-refractivity contribution in [3.63, 3.8) is 0 Å². The second-order valence-corrected chi connectivity index (χ2v) is 16.4. The van der Waals surface area contributed by atoms with Gasteiger partial charge in [0, 0.05) is 17.4 Å². The van der Waals surface area contributed by atoms with Crippen molar-refractivity contribution < 1.29 is 4.74 Å². The van der Waals surface area contributed by atoms with Gasteiger partial charge in [-0.05, 0) is 147 Å².